The van der Waals surface area contributed by atoms with Crippen LogP contribution in [0.4, 0.5) is 5.69 Å². The number of aliphatic hydroxyl groups excluding tert-OH is 1. The molecule has 0 saturated carbocycles. The molecule has 1 N–H and O–H groups in total. The highest BCUT2D eigenvalue weighted by atomic mass is 35.5. The molecule has 1 amide bonds. The molecule has 1 fully saturated rings. The van der Waals surface area contributed by atoms with E-state index in [1.165, 1.54) is 4.90 Å². The summed E-state index contributed by atoms with van der Waals surface area (Å²) in [4.78, 5) is 27.5. The first-order valence-corrected chi connectivity index (χ1v) is 10.2. The van der Waals surface area contributed by atoms with Crippen molar-refractivity contribution in [3.05, 3.63) is 101 Å². The molecule has 0 bridgehead atoms. The van der Waals surface area contributed by atoms with Gasteiger partial charge in [0.15, 0.2) is 0 Å². The number of carbonyl (C=O) groups is 2. The molecule has 31 heavy (non-hydrogen) atoms. The number of amides is 1. The van der Waals surface area contributed by atoms with Crippen LogP contribution in [0, 0.1) is 0 Å². The Morgan fingerprint density at radius 2 is 1.61 bits per heavy atom. The van der Waals surface area contributed by atoms with Gasteiger partial charge in [0.25, 0.3) is 11.7 Å². The van der Waals surface area contributed by atoms with Crippen molar-refractivity contribution in [2.45, 2.75) is 13.0 Å². The van der Waals surface area contributed by atoms with Crippen LogP contribution in [0.2, 0.25) is 5.02 Å². The van der Waals surface area contributed by atoms with Crippen LogP contribution in [0.3, 0.4) is 0 Å². The maximum absolute atomic E-state index is 13.1. The number of anilines is 1. The molecule has 3 aromatic rings. The minimum absolute atomic E-state index is 0.0281. The van der Waals surface area contributed by atoms with E-state index in [0.29, 0.717) is 34.2 Å². The van der Waals surface area contributed by atoms with Crippen molar-refractivity contribution in [3.8, 4) is 5.75 Å². The smallest absolute Gasteiger partial charge is 0.300 e. The number of ketones is 1. The van der Waals surface area contributed by atoms with Crippen molar-refractivity contribution >= 4 is 34.7 Å². The molecule has 1 unspecified atom stereocenters. The fourth-order valence-corrected chi connectivity index (χ4v) is 3.81. The first-order chi connectivity index (χ1) is 15.0. The number of Topliss-reactive ketones (excluding diaryl/α,β-unsaturated/α-hetero) is 1. The molecule has 0 spiro atoms. The van der Waals surface area contributed by atoms with E-state index in [4.69, 9.17) is 16.3 Å². The second kappa shape index (κ2) is 8.66. The van der Waals surface area contributed by atoms with E-state index in [2.05, 4.69) is 0 Å². The van der Waals surface area contributed by atoms with Gasteiger partial charge in [-0.1, -0.05) is 41.9 Å². The van der Waals surface area contributed by atoms with Gasteiger partial charge in [-0.3, -0.25) is 14.5 Å². The third kappa shape index (κ3) is 3.92. The maximum atomic E-state index is 13.1. The Morgan fingerprint density at radius 1 is 0.968 bits per heavy atom. The van der Waals surface area contributed by atoms with Gasteiger partial charge >= 0.3 is 0 Å². The van der Waals surface area contributed by atoms with E-state index in [0.717, 1.165) is 0 Å². The van der Waals surface area contributed by atoms with Crippen LogP contribution in [-0.2, 0) is 9.59 Å². The van der Waals surface area contributed by atoms with Gasteiger partial charge in [-0.2, -0.15) is 0 Å². The first kappa shape index (κ1) is 20.7. The number of hydrogen-bond acceptors (Lipinski definition) is 4. The Labute approximate surface area is 185 Å². The second-order valence-corrected chi connectivity index (χ2v) is 7.45. The lowest BCUT2D eigenvalue weighted by Gasteiger charge is -2.25. The number of ether oxygens (including phenoxy) is 1. The molecule has 1 aliphatic rings. The molecule has 0 radical (unpaired) electrons. The molecular formula is C25H20ClNO4. The fourth-order valence-electron chi connectivity index (χ4n) is 3.68. The van der Waals surface area contributed by atoms with Crippen LogP contribution < -0.4 is 9.64 Å². The van der Waals surface area contributed by atoms with Crippen molar-refractivity contribution in [1.29, 1.82) is 0 Å². The number of nitrogens with zero attached hydrogens (tertiary/aromatic N) is 1. The van der Waals surface area contributed by atoms with Gasteiger partial charge in [-0.05, 0) is 61.0 Å². The van der Waals surface area contributed by atoms with Gasteiger partial charge in [0, 0.05) is 16.3 Å². The zero-order valence-electron chi connectivity index (χ0n) is 16.8. The molecule has 1 aliphatic heterocycles. The Hall–Kier alpha value is -3.57. The SMILES string of the molecule is CCOc1ccc(C2/C(=C(/O)c3ccc(Cl)cc3)C(=O)C(=O)N2c2ccccc2)cc1. The predicted molar refractivity (Wildman–Crippen MR) is 120 cm³/mol. The summed E-state index contributed by atoms with van der Waals surface area (Å²) < 4.78 is 5.51. The lowest BCUT2D eigenvalue weighted by atomic mass is 9.95. The molecule has 1 saturated heterocycles. The zero-order valence-corrected chi connectivity index (χ0v) is 17.5. The normalized spacial score (nSPS) is 17.7. The molecule has 5 nitrogen and oxygen atoms in total. The highest BCUT2D eigenvalue weighted by Crippen LogP contribution is 2.42. The van der Waals surface area contributed by atoms with Crippen LogP contribution in [0.25, 0.3) is 5.76 Å². The van der Waals surface area contributed by atoms with Crippen LogP contribution in [-0.4, -0.2) is 23.4 Å². The molecule has 6 heteroatoms. The first-order valence-electron chi connectivity index (χ1n) is 9.86. The van der Waals surface area contributed by atoms with Gasteiger partial charge < -0.3 is 9.84 Å². The van der Waals surface area contributed by atoms with Crippen molar-refractivity contribution in [3.63, 3.8) is 0 Å². The van der Waals surface area contributed by atoms with Crippen LogP contribution in [0.5, 0.6) is 5.75 Å². The molecule has 4 rings (SSSR count). The van der Waals surface area contributed by atoms with E-state index < -0.39 is 17.7 Å². The average molecular weight is 434 g/mol. The number of carbonyl (C=O) groups excluding carboxylic acids is 2. The van der Waals surface area contributed by atoms with Crippen LogP contribution >= 0.6 is 11.6 Å². The summed E-state index contributed by atoms with van der Waals surface area (Å²) in [6.07, 6.45) is 0. The van der Waals surface area contributed by atoms with E-state index >= 15 is 0 Å². The van der Waals surface area contributed by atoms with E-state index in [9.17, 15) is 14.7 Å². The Kier molecular flexibility index (Phi) is 5.78. The van der Waals surface area contributed by atoms with Crippen molar-refractivity contribution in [2.75, 3.05) is 11.5 Å². The fraction of sp³-hybridized carbons (Fsp3) is 0.120. The highest BCUT2D eigenvalue weighted by molar-refractivity contribution is 6.51. The maximum Gasteiger partial charge on any atom is 0.300 e. The van der Waals surface area contributed by atoms with Gasteiger partial charge in [-0.15, -0.1) is 0 Å². The molecule has 1 atom stereocenters. The Balaban J connectivity index is 1.89. The number of benzene rings is 3. The second-order valence-electron chi connectivity index (χ2n) is 7.01. The Morgan fingerprint density at radius 3 is 2.23 bits per heavy atom. The highest BCUT2D eigenvalue weighted by Gasteiger charge is 2.46. The minimum Gasteiger partial charge on any atom is -0.507 e. The van der Waals surface area contributed by atoms with Crippen LogP contribution in [0.15, 0.2) is 84.4 Å². The van der Waals surface area contributed by atoms with Gasteiger partial charge in [0.05, 0.1) is 18.2 Å². The summed E-state index contributed by atoms with van der Waals surface area (Å²) >= 11 is 5.96. The third-order valence-corrected chi connectivity index (χ3v) is 5.36. The summed E-state index contributed by atoms with van der Waals surface area (Å²) in [5.74, 6) is -0.997. The van der Waals surface area contributed by atoms with Crippen molar-refractivity contribution in [1.82, 2.24) is 0 Å². The van der Waals surface area contributed by atoms with E-state index in [1.807, 2.05) is 13.0 Å². The standard InChI is InChI=1S/C25H20ClNO4/c1-2-31-20-14-10-16(11-15-20)22-21(23(28)17-8-12-18(26)13-9-17)24(29)25(30)27(22)19-6-4-3-5-7-19/h3-15,22,28H,2H2,1H3/b23-21-. The third-order valence-electron chi connectivity index (χ3n) is 5.10. The van der Waals surface area contributed by atoms with E-state index in [-0.39, 0.29) is 11.3 Å². The molecule has 3 aromatic carbocycles. The lowest BCUT2D eigenvalue weighted by molar-refractivity contribution is -0.132. The molecule has 1 heterocycles. The average Bonchev–Trinajstić information content (AvgIpc) is 3.06. The molecule has 156 valence electrons. The number of para-hydroxylation sites is 1. The summed E-state index contributed by atoms with van der Waals surface area (Å²) in [7, 11) is 0. The quantitative estimate of drug-likeness (QED) is 0.334. The molecular weight excluding hydrogens is 414 g/mol. The van der Waals surface area contributed by atoms with E-state index in [1.54, 1.807) is 72.8 Å². The molecule has 0 aliphatic carbocycles. The summed E-state index contributed by atoms with van der Waals surface area (Å²) in [6, 6.07) is 21.8. The summed E-state index contributed by atoms with van der Waals surface area (Å²) in [6.45, 7) is 2.42. The number of rotatable bonds is 5. The van der Waals surface area contributed by atoms with Crippen molar-refractivity contribution in [2.24, 2.45) is 0 Å². The lowest BCUT2D eigenvalue weighted by Crippen LogP contribution is -2.29. The number of halogens is 1. The largest absolute Gasteiger partial charge is 0.507 e. The van der Waals surface area contributed by atoms with Crippen LogP contribution in [0.1, 0.15) is 24.1 Å². The van der Waals surface area contributed by atoms with Gasteiger partial charge in [0.1, 0.15) is 11.5 Å². The topological polar surface area (TPSA) is 66.8 Å². The molecule has 0 aromatic heterocycles. The zero-order chi connectivity index (χ0) is 22.0. The Bertz CT molecular complexity index is 1140. The summed E-state index contributed by atoms with van der Waals surface area (Å²) in [5.41, 5.74) is 1.69. The summed E-state index contributed by atoms with van der Waals surface area (Å²) in [5, 5.41) is 11.6. The van der Waals surface area contributed by atoms with Crippen molar-refractivity contribution < 1.29 is 19.4 Å². The monoisotopic (exact) mass is 433 g/mol. The van der Waals surface area contributed by atoms with Gasteiger partial charge in [-0.25, -0.2) is 0 Å². The predicted octanol–water partition coefficient (Wildman–Crippen LogP) is 5.37. The number of hydrogen-bond donors (Lipinski definition) is 1. The number of aliphatic hydroxyl groups is 1. The van der Waals surface area contributed by atoms with Gasteiger partial charge in [0.2, 0.25) is 0 Å². The minimum atomic E-state index is -0.784.